The quantitative estimate of drug-likeness (QED) is 0.712. The molecule has 162 valence electrons. The van der Waals surface area contributed by atoms with Crippen LogP contribution in [0, 0.1) is 13.8 Å². The van der Waals surface area contributed by atoms with Gasteiger partial charge in [0, 0.05) is 18.8 Å². The summed E-state index contributed by atoms with van der Waals surface area (Å²) in [5.41, 5.74) is 2.56. The minimum Gasteiger partial charge on any atom is -0.483 e. The van der Waals surface area contributed by atoms with Crippen molar-refractivity contribution in [3.8, 4) is 5.75 Å². The van der Waals surface area contributed by atoms with Crippen LogP contribution >= 0.6 is 0 Å². The Morgan fingerprint density at radius 3 is 2.40 bits per heavy atom. The first-order valence-electron chi connectivity index (χ1n) is 10.4. The maximum absolute atomic E-state index is 12.9. The molecule has 0 aromatic heterocycles. The van der Waals surface area contributed by atoms with Crippen LogP contribution in [0.2, 0.25) is 0 Å². The molecule has 0 aliphatic heterocycles. The molecule has 2 aromatic rings. The molecular formula is C23H30N2O4S. The van der Waals surface area contributed by atoms with E-state index in [1.54, 1.807) is 19.2 Å². The van der Waals surface area contributed by atoms with E-state index in [1.807, 2.05) is 32.0 Å². The molecule has 1 saturated carbocycles. The van der Waals surface area contributed by atoms with E-state index in [-0.39, 0.29) is 23.5 Å². The van der Waals surface area contributed by atoms with Gasteiger partial charge < -0.3 is 10.1 Å². The number of ether oxygens (including phenoxy) is 1. The number of benzene rings is 2. The van der Waals surface area contributed by atoms with Crippen molar-refractivity contribution in [1.29, 1.82) is 0 Å². The predicted octanol–water partition coefficient (Wildman–Crippen LogP) is 4.27. The van der Waals surface area contributed by atoms with Gasteiger partial charge in [0.05, 0.1) is 4.90 Å². The molecule has 1 amide bonds. The van der Waals surface area contributed by atoms with E-state index in [4.69, 9.17) is 4.74 Å². The fourth-order valence-electron chi connectivity index (χ4n) is 3.72. The standard InChI is InChI=1S/C23H30N2O4S/c1-17-9-10-18(2)22(15-17)29-16-23(26)24-19-11-13-21(14-12-19)30(27,28)25(3)20-7-5-4-6-8-20/h9-15,20H,4-8,16H2,1-3H3,(H,24,26). The molecule has 1 N–H and O–H groups in total. The molecule has 3 rings (SSSR count). The summed E-state index contributed by atoms with van der Waals surface area (Å²) in [6.45, 7) is 3.78. The van der Waals surface area contributed by atoms with Gasteiger partial charge in [-0.3, -0.25) is 4.79 Å². The normalized spacial score (nSPS) is 15.2. The molecule has 0 heterocycles. The Morgan fingerprint density at radius 2 is 1.73 bits per heavy atom. The summed E-state index contributed by atoms with van der Waals surface area (Å²) in [5.74, 6) is 0.378. The van der Waals surface area contributed by atoms with Crippen molar-refractivity contribution in [2.24, 2.45) is 0 Å². The lowest BCUT2D eigenvalue weighted by Crippen LogP contribution is -2.38. The first kappa shape index (κ1) is 22.3. The number of nitrogens with one attached hydrogen (secondary N) is 1. The Balaban J connectivity index is 1.59. The van der Waals surface area contributed by atoms with Gasteiger partial charge in [-0.25, -0.2) is 8.42 Å². The van der Waals surface area contributed by atoms with Crippen molar-refractivity contribution >= 4 is 21.6 Å². The van der Waals surface area contributed by atoms with Gasteiger partial charge in [0.2, 0.25) is 10.0 Å². The highest BCUT2D eigenvalue weighted by Crippen LogP contribution is 2.27. The predicted molar refractivity (Wildman–Crippen MR) is 118 cm³/mol. The molecule has 1 aliphatic rings. The topological polar surface area (TPSA) is 75.7 Å². The van der Waals surface area contributed by atoms with Gasteiger partial charge in [0.1, 0.15) is 5.75 Å². The van der Waals surface area contributed by atoms with Crippen LogP contribution in [0.15, 0.2) is 47.4 Å². The molecule has 7 heteroatoms. The molecule has 0 atom stereocenters. The summed E-state index contributed by atoms with van der Waals surface area (Å²) < 4.78 is 32.9. The maximum atomic E-state index is 12.9. The summed E-state index contributed by atoms with van der Waals surface area (Å²) in [4.78, 5) is 12.5. The minimum atomic E-state index is -3.54. The molecule has 0 radical (unpaired) electrons. The van der Waals surface area contributed by atoms with Gasteiger partial charge in [-0.15, -0.1) is 0 Å². The van der Waals surface area contributed by atoms with Gasteiger partial charge in [0.25, 0.3) is 5.91 Å². The number of hydrogen-bond donors (Lipinski definition) is 1. The molecule has 2 aromatic carbocycles. The Labute approximate surface area is 179 Å². The summed E-state index contributed by atoms with van der Waals surface area (Å²) in [6, 6.07) is 12.2. The molecule has 30 heavy (non-hydrogen) atoms. The second-order valence-electron chi connectivity index (χ2n) is 7.94. The van der Waals surface area contributed by atoms with E-state index in [1.165, 1.54) is 22.9 Å². The van der Waals surface area contributed by atoms with Gasteiger partial charge >= 0.3 is 0 Å². The average molecular weight is 431 g/mol. The summed E-state index contributed by atoms with van der Waals surface area (Å²) in [7, 11) is -1.88. The van der Waals surface area contributed by atoms with Crippen molar-refractivity contribution < 1.29 is 17.9 Å². The Morgan fingerprint density at radius 1 is 1.07 bits per heavy atom. The zero-order valence-corrected chi connectivity index (χ0v) is 18.7. The Bertz CT molecular complexity index is 981. The van der Waals surface area contributed by atoms with Crippen LogP contribution in [0.5, 0.6) is 5.75 Å². The number of carbonyl (C=O) groups excluding carboxylic acids is 1. The molecule has 1 aliphatic carbocycles. The van der Waals surface area contributed by atoms with Crippen molar-refractivity contribution in [1.82, 2.24) is 4.31 Å². The van der Waals surface area contributed by atoms with Crippen molar-refractivity contribution in [3.63, 3.8) is 0 Å². The Kier molecular flexibility index (Phi) is 7.15. The monoisotopic (exact) mass is 430 g/mol. The highest BCUT2D eigenvalue weighted by molar-refractivity contribution is 7.89. The third-order valence-corrected chi connectivity index (χ3v) is 7.53. The number of carbonyl (C=O) groups is 1. The zero-order valence-electron chi connectivity index (χ0n) is 17.8. The molecule has 0 bridgehead atoms. The van der Waals surface area contributed by atoms with Crippen LogP contribution in [0.4, 0.5) is 5.69 Å². The van der Waals surface area contributed by atoms with E-state index >= 15 is 0 Å². The zero-order chi connectivity index (χ0) is 21.7. The molecule has 6 nitrogen and oxygen atoms in total. The number of sulfonamides is 1. The van der Waals surface area contributed by atoms with Gasteiger partial charge in [0.15, 0.2) is 6.61 Å². The van der Waals surface area contributed by atoms with Gasteiger partial charge in [-0.05, 0) is 68.1 Å². The fraction of sp³-hybridized carbons (Fsp3) is 0.435. The van der Waals surface area contributed by atoms with E-state index in [2.05, 4.69) is 5.32 Å². The third kappa shape index (κ3) is 5.40. The number of anilines is 1. The van der Waals surface area contributed by atoms with Gasteiger partial charge in [-0.1, -0.05) is 31.4 Å². The summed E-state index contributed by atoms with van der Waals surface area (Å²) in [5, 5.41) is 2.75. The molecule has 0 saturated heterocycles. The smallest absolute Gasteiger partial charge is 0.262 e. The largest absolute Gasteiger partial charge is 0.483 e. The lowest BCUT2D eigenvalue weighted by Gasteiger charge is -2.30. The van der Waals surface area contributed by atoms with E-state index in [0.717, 1.165) is 36.8 Å². The van der Waals surface area contributed by atoms with Crippen LogP contribution in [0.3, 0.4) is 0 Å². The molecular weight excluding hydrogens is 400 g/mol. The minimum absolute atomic E-state index is 0.0605. The van der Waals surface area contributed by atoms with Crippen LogP contribution in [0.25, 0.3) is 0 Å². The van der Waals surface area contributed by atoms with Crippen LogP contribution in [-0.2, 0) is 14.8 Å². The summed E-state index contributed by atoms with van der Waals surface area (Å²) in [6.07, 6.45) is 5.12. The maximum Gasteiger partial charge on any atom is 0.262 e. The van der Waals surface area contributed by atoms with E-state index in [9.17, 15) is 13.2 Å². The first-order valence-corrected chi connectivity index (χ1v) is 11.8. The first-order chi connectivity index (χ1) is 14.3. The number of rotatable bonds is 7. The van der Waals surface area contributed by atoms with Crippen molar-refractivity contribution in [2.75, 3.05) is 19.0 Å². The highest BCUT2D eigenvalue weighted by atomic mass is 32.2. The third-order valence-electron chi connectivity index (χ3n) is 5.61. The molecule has 1 fully saturated rings. The van der Waals surface area contributed by atoms with Gasteiger partial charge in [-0.2, -0.15) is 4.31 Å². The van der Waals surface area contributed by atoms with Crippen LogP contribution < -0.4 is 10.1 Å². The second-order valence-corrected chi connectivity index (χ2v) is 9.94. The average Bonchev–Trinajstić information content (AvgIpc) is 2.75. The van der Waals surface area contributed by atoms with E-state index in [0.29, 0.717) is 11.4 Å². The number of hydrogen-bond acceptors (Lipinski definition) is 4. The number of nitrogens with zero attached hydrogens (tertiary/aromatic N) is 1. The molecule has 0 spiro atoms. The number of amides is 1. The van der Waals surface area contributed by atoms with Crippen molar-refractivity contribution in [3.05, 3.63) is 53.6 Å². The summed E-state index contributed by atoms with van der Waals surface area (Å²) >= 11 is 0. The second kappa shape index (κ2) is 9.62. The lowest BCUT2D eigenvalue weighted by molar-refractivity contribution is -0.118. The van der Waals surface area contributed by atoms with E-state index < -0.39 is 10.0 Å². The highest BCUT2D eigenvalue weighted by Gasteiger charge is 2.28. The fourth-order valence-corrected chi connectivity index (χ4v) is 5.14. The lowest BCUT2D eigenvalue weighted by atomic mass is 9.96. The SMILES string of the molecule is Cc1ccc(C)c(OCC(=O)Nc2ccc(S(=O)(=O)N(C)C3CCCCC3)cc2)c1. The Hall–Kier alpha value is -2.38. The van der Waals surface area contributed by atoms with Crippen LogP contribution in [-0.4, -0.2) is 38.3 Å². The molecule has 0 unspecified atom stereocenters. The van der Waals surface area contributed by atoms with Crippen LogP contribution in [0.1, 0.15) is 43.2 Å². The van der Waals surface area contributed by atoms with Crippen molar-refractivity contribution in [2.45, 2.75) is 56.9 Å². The number of aryl methyl sites for hydroxylation is 2.